The summed E-state index contributed by atoms with van der Waals surface area (Å²) in [4.78, 5) is 119. The van der Waals surface area contributed by atoms with Gasteiger partial charge in [0.15, 0.2) is 13.2 Å². The molecule has 24 rings (SSSR count). The van der Waals surface area contributed by atoms with Crippen molar-refractivity contribution in [3.8, 4) is 0 Å². The van der Waals surface area contributed by atoms with E-state index in [1.165, 1.54) is 110 Å². The van der Waals surface area contributed by atoms with E-state index in [4.69, 9.17) is 55.7 Å². The number of esters is 10. The molecule has 20 bridgehead atoms. The molecule has 0 spiro atoms. The lowest BCUT2D eigenvalue weighted by molar-refractivity contribution is -0.231. The fourth-order valence-electron chi connectivity index (χ4n) is 30.7. The molecule has 14 unspecified atom stereocenters. The van der Waals surface area contributed by atoms with Gasteiger partial charge in [-0.3, -0.25) is 27.5 Å². The summed E-state index contributed by atoms with van der Waals surface area (Å²) < 4.78 is 113. The number of hydrogen-bond donors (Lipinski definition) is 2. The first-order chi connectivity index (χ1) is 67.8. The summed E-state index contributed by atoms with van der Waals surface area (Å²) in [5, 5.41) is 20.3. The Labute approximate surface area is 893 Å². The molecule has 22 saturated carbocycles. The molecule has 0 amide bonds. The predicted octanol–water partition coefficient (Wildman–Crippen LogP) is 22.8. The number of carbonyl (C=O) groups is 10. The maximum absolute atomic E-state index is 12.8. The third kappa shape index (κ3) is 27.3. The van der Waals surface area contributed by atoms with Crippen molar-refractivity contribution in [2.24, 2.45) is 128 Å². The lowest BCUT2D eigenvalue weighted by Gasteiger charge is -2.62. The first kappa shape index (κ1) is 124. The molecule has 2 saturated heterocycles. The Hall–Kier alpha value is -6.60. The molecule has 149 heavy (non-hydrogen) atoms. The van der Waals surface area contributed by atoms with Crippen molar-refractivity contribution in [2.45, 2.75) is 498 Å². The monoisotopic (exact) mass is 2130 g/mol. The molecule has 30 heteroatoms. The maximum Gasteiger partial charge on any atom is 0.344 e. The van der Waals surface area contributed by atoms with E-state index >= 15 is 0 Å². The fourth-order valence-corrected chi connectivity index (χ4v) is 34.5. The zero-order valence-electron chi connectivity index (χ0n) is 92.3. The van der Waals surface area contributed by atoms with Gasteiger partial charge < -0.3 is 57.6 Å². The van der Waals surface area contributed by atoms with E-state index < -0.39 is 120 Å². The molecule has 0 aromatic carbocycles. The fraction of sp³-hybridized carbons (Fsp3) is 0.849. The highest BCUT2D eigenvalue weighted by Crippen LogP contribution is 2.67. The van der Waals surface area contributed by atoms with Crippen LogP contribution < -0.4 is 0 Å². The highest BCUT2D eigenvalue weighted by molar-refractivity contribution is 7.88. The summed E-state index contributed by atoms with van der Waals surface area (Å²) in [5.74, 6) is 5.64. The Kier molecular flexibility index (Phi) is 39.2. The molecular weight excluding hydrogens is 1940 g/mol. The molecule has 14 atom stereocenters. The second-order valence-corrected chi connectivity index (χ2v) is 56.7. The van der Waals surface area contributed by atoms with Crippen LogP contribution in [0, 0.1) is 128 Å². The minimum Gasteiger partial charge on any atom is -0.459 e. The van der Waals surface area contributed by atoms with Gasteiger partial charge in [0.1, 0.15) is 58.0 Å². The normalized spacial score (nSPS) is 37.1. The summed E-state index contributed by atoms with van der Waals surface area (Å²) in [5.41, 5.74) is -2.71. The number of carbonyl (C=O) groups excluding carboxylic acids is 10. The molecular formula is C119H192O28S2. The Balaban J connectivity index is 0.000000175. The topological polar surface area (TPSA) is 390 Å². The van der Waals surface area contributed by atoms with Crippen LogP contribution in [0.2, 0.25) is 0 Å². The number of rotatable bonds is 26. The largest absolute Gasteiger partial charge is 0.459 e. The molecule has 24 aliphatic rings. The number of hydrogen-bond acceptors (Lipinski definition) is 28. The van der Waals surface area contributed by atoms with Gasteiger partial charge in [0.05, 0.1) is 43.4 Å². The molecule has 848 valence electrons. The molecule has 2 heterocycles. The Morgan fingerprint density at radius 1 is 0.356 bits per heavy atom. The average Bonchev–Trinajstić information content (AvgIpc) is 1.55. The molecule has 0 aromatic heterocycles. The summed E-state index contributed by atoms with van der Waals surface area (Å²) >= 11 is 0. The van der Waals surface area contributed by atoms with Gasteiger partial charge >= 0.3 is 59.7 Å². The van der Waals surface area contributed by atoms with Gasteiger partial charge in [-0.05, 0) is 411 Å². The van der Waals surface area contributed by atoms with Crippen molar-refractivity contribution in [1.82, 2.24) is 0 Å². The van der Waals surface area contributed by atoms with Gasteiger partial charge in [-0.15, -0.1) is 0 Å². The predicted molar refractivity (Wildman–Crippen MR) is 569 cm³/mol. The lowest BCUT2D eigenvalue weighted by Crippen LogP contribution is -2.63. The first-order valence-electron chi connectivity index (χ1n) is 55.8. The summed E-state index contributed by atoms with van der Waals surface area (Å²) in [6.45, 7) is 56.4. The van der Waals surface area contributed by atoms with Crippen LogP contribution in [0.25, 0.3) is 0 Å². The number of ether oxygens (including phenoxy) is 10. The van der Waals surface area contributed by atoms with Crippen molar-refractivity contribution in [2.75, 3.05) is 13.2 Å². The van der Waals surface area contributed by atoms with Crippen molar-refractivity contribution < 1.29 is 131 Å². The van der Waals surface area contributed by atoms with Gasteiger partial charge in [0, 0.05) is 58.8 Å². The molecule has 0 aromatic rings. The third-order valence-electron chi connectivity index (χ3n) is 38.9. The average molecular weight is 2130 g/mol. The summed E-state index contributed by atoms with van der Waals surface area (Å²) in [7, 11) is -7.05. The SMILES string of the molecule is C.C.C.C=C(C)C(=O)OC1(C(C)C)C2CC3CC(C2)CC1C3.C=C(C)C(=O)OC1(C)CCCC1.C=C(C)C(=O)OC12CC3CC(CC(O)(C3)C1)C2.C=C(C)C(=O)OCC(=O)OC1C2CC3C1OS(=O)(=O)C3C2.CCC(C)(C)C(=O)OC1(C(C)C)C2CC3CC(C2)CC1C3.CCC(C)(C)C(=O)OC1(C)CCCC1.CCC(C)(C)C(=O)OC12CC3CC(CC(O)(C3)C1)C2.CCC(C)(C)C(=O)OCC(=O)OC1C2CC3C1OS(=O)(=O)C3C2. The Morgan fingerprint density at radius 3 is 0.960 bits per heavy atom. The third-order valence-corrected chi connectivity index (χ3v) is 42.4. The van der Waals surface area contributed by atoms with Gasteiger partial charge in [0.2, 0.25) is 0 Å². The Bertz CT molecular complexity index is 5010. The van der Waals surface area contributed by atoms with E-state index in [1.54, 1.807) is 34.6 Å². The van der Waals surface area contributed by atoms with Crippen LogP contribution in [-0.2, 0) is 124 Å². The van der Waals surface area contributed by atoms with E-state index in [9.17, 15) is 75.0 Å². The van der Waals surface area contributed by atoms with Gasteiger partial charge in [-0.1, -0.05) is 104 Å². The van der Waals surface area contributed by atoms with Crippen molar-refractivity contribution in [3.05, 3.63) is 48.6 Å². The van der Waals surface area contributed by atoms with Gasteiger partial charge in [0.25, 0.3) is 20.2 Å². The molecule has 22 aliphatic carbocycles. The maximum atomic E-state index is 12.8. The number of aliphatic hydroxyl groups is 2. The van der Waals surface area contributed by atoms with Crippen LogP contribution in [0.1, 0.15) is 419 Å². The summed E-state index contributed by atoms with van der Waals surface area (Å²) in [6, 6.07) is 0. The smallest absolute Gasteiger partial charge is 0.344 e. The van der Waals surface area contributed by atoms with Crippen LogP contribution in [0.3, 0.4) is 0 Å². The second kappa shape index (κ2) is 47.0. The van der Waals surface area contributed by atoms with Crippen LogP contribution in [-0.4, -0.2) is 180 Å². The van der Waals surface area contributed by atoms with E-state index in [0.717, 1.165) is 120 Å². The molecule has 24 fully saturated rings. The minimum absolute atomic E-state index is 0. The van der Waals surface area contributed by atoms with E-state index in [0.29, 0.717) is 121 Å². The van der Waals surface area contributed by atoms with Crippen LogP contribution in [0.4, 0.5) is 0 Å². The molecule has 0 radical (unpaired) electrons. The highest BCUT2D eigenvalue weighted by Gasteiger charge is 2.70. The second-order valence-electron chi connectivity index (χ2n) is 53.1. The van der Waals surface area contributed by atoms with Crippen molar-refractivity contribution >= 4 is 79.9 Å². The van der Waals surface area contributed by atoms with Gasteiger partial charge in [-0.2, -0.15) is 16.8 Å². The highest BCUT2D eigenvalue weighted by atomic mass is 32.2. The minimum atomic E-state index is -3.53. The molecule has 2 aliphatic heterocycles. The van der Waals surface area contributed by atoms with Crippen molar-refractivity contribution in [3.63, 3.8) is 0 Å². The van der Waals surface area contributed by atoms with Gasteiger partial charge in [-0.25, -0.2) is 28.8 Å². The Morgan fingerprint density at radius 2 is 0.638 bits per heavy atom. The van der Waals surface area contributed by atoms with Crippen LogP contribution >= 0.6 is 0 Å². The van der Waals surface area contributed by atoms with Crippen molar-refractivity contribution in [1.29, 1.82) is 0 Å². The summed E-state index contributed by atoms with van der Waals surface area (Å²) in [6.07, 6.45) is 36.2. The zero-order valence-corrected chi connectivity index (χ0v) is 93.9. The zero-order chi connectivity index (χ0) is 108. The first-order valence-corrected chi connectivity index (χ1v) is 58.7. The van der Waals surface area contributed by atoms with Crippen LogP contribution in [0.15, 0.2) is 48.6 Å². The van der Waals surface area contributed by atoms with E-state index in [2.05, 4.69) is 67.9 Å². The standard InChI is InChI=1S/C19H32O2.C17H26O2.C16H26O3.C15H22O7S.C14H20O3.C13H16O7S.C12H22O2.C10H16O2.3CH4/c1-6-18(4,5)17(20)21-19(12(2)3)15-8-13-7-14(10-15)11-16(19)9-13;1-10(2)16(18)19-17(11(3)4)14-6-12-5-13(8-14)9-15(17)7-12;1-4-14(2,3)13(17)19-16-8-11-5-12(9-16)7-15(18,6-11)10-16;1-4-15(2,3)14(17)20-7-11(16)21-12-8-5-9-10(6-8)23(18,19)22-13(9)12;1-9(2)12(15)17-14-6-10-3-11(7-14)5-13(16,4-10)8-14;1-6(2)13(15)18-5-10(14)19-11-7-3-8-9(4-7)21(16,17)20-12(8)11;1-5-11(2,3)10(13)14-12(4)8-6-7-9-12;1-8(2)9(11)12-10(3)6-4-5-7-10;;;/h12-16H,6-11H2,1-5H3;11-15H,1,5-9H2,2-4H3;11-12,18H,4-10H2,1-3H3;8-10,12-13H,4-7H2,1-3H3;10-11,16H,1,3-8H2,2H3;7-9,11-12H,1,3-5H2,2H3;5-9H2,1-4H3;1,4-7H2,2-3H3;3*1H4. The molecule has 28 nitrogen and oxygen atoms in total. The molecule has 2 N–H and O–H groups in total. The lowest BCUT2D eigenvalue weighted by atomic mass is 9.47. The van der Waals surface area contributed by atoms with Crippen LogP contribution in [0.5, 0.6) is 0 Å². The number of fused-ring (bicyclic) bond motifs is 2. The van der Waals surface area contributed by atoms with E-state index in [-0.39, 0.29) is 126 Å². The van der Waals surface area contributed by atoms with E-state index in [1.807, 2.05) is 69.2 Å². The quantitative estimate of drug-likeness (QED) is 0.0351.